The number of carbonyl (C=O) groups excluding carboxylic acids is 2. The number of aliphatic hydroxyl groups is 1. The Bertz CT molecular complexity index is 606. The van der Waals surface area contributed by atoms with Gasteiger partial charge in [0.05, 0.1) is 30.3 Å². The second-order valence-corrected chi connectivity index (χ2v) is 5.48. The fourth-order valence-corrected chi connectivity index (χ4v) is 3.03. The summed E-state index contributed by atoms with van der Waals surface area (Å²) >= 11 is 1.26. The van der Waals surface area contributed by atoms with Gasteiger partial charge >= 0.3 is 0 Å². The lowest BCUT2D eigenvalue weighted by atomic mass is 9.93. The molecule has 0 saturated carbocycles. The van der Waals surface area contributed by atoms with Gasteiger partial charge in [0.1, 0.15) is 11.5 Å². The molecule has 0 radical (unpaired) electrons. The van der Waals surface area contributed by atoms with Crippen molar-refractivity contribution in [1.29, 1.82) is 0 Å². The third-order valence-electron chi connectivity index (χ3n) is 3.09. The van der Waals surface area contributed by atoms with Crippen LogP contribution in [-0.2, 0) is 0 Å². The van der Waals surface area contributed by atoms with E-state index in [9.17, 15) is 9.59 Å². The van der Waals surface area contributed by atoms with Crippen molar-refractivity contribution in [2.24, 2.45) is 0 Å². The number of hydrogen-bond acceptors (Lipinski definition) is 6. The van der Waals surface area contributed by atoms with E-state index in [1.54, 1.807) is 12.1 Å². The Morgan fingerprint density at radius 3 is 2.29 bits per heavy atom. The standard InChI is InChI=1S/C15H16O5S/c1-19-10-4-5-11(20-2)14-13(10)9(17)8-12(15(14)18)21-7-3-6-16/h4-5,8,16H,3,6-7H2,1-2H3. The van der Waals surface area contributed by atoms with E-state index >= 15 is 0 Å². The Morgan fingerprint density at radius 2 is 1.71 bits per heavy atom. The Kier molecular flexibility index (Phi) is 5.03. The number of benzene rings is 1. The molecule has 0 unspecified atom stereocenters. The highest BCUT2D eigenvalue weighted by Crippen LogP contribution is 2.38. The highest BCUT2D eigenvalue weighted by Gasteiger charge is 2.31. The van der Waals surface area contributed by atoms with Crippen LogP contribution in [0.2, 0.25) is 0 Å². The SMILES string of the molecule is COc1ccc(OC)c2c1C(=O)C=C(SCCCO)C2=O. The summed E-state index contributed by atoms with van der Waals surface area (Å²) in [6, 6.07) is 3.23. The molecule has 1 aliphatic rings. The van der Waals surface area contributed by atoms with Crippen molar-refractivity contribution in [3.05, 3.63) is 34.2 Å². The number of methoxy groups -OCH3 is 2. The molecule has 21 heavy (non-hydrogen) atoms. The molecule has 0 amide bonds. The largest absolute Gasteiger partial charge is 0.496 e. The van der Waals surface area contributed by atoms with E-state index in [0.717, 1.165) is 0 Å². The average molecular weight is 308 g/mol. The van der Waals surface area contributed by atoms with Gasteiger partial charge in [0, 0.05) is 18.4 Å². The number of thioether (sulfide) groups is 1. The zero-order valence-corrected chi connectivity index (χ0v) is 12.7. The van der Waals surface area contributed by atoms with Crippen molar-refractivity contribution in [3.8, 4) is 11.5 Å². The molecule has 1 aromatic carbocycles. The Hall–Kier alpha value is -1.79. The monoisotopic (exact) mass is 308 g/mol. The van der Waals surface area contributed by atoms with Gasteiger partial charge in [0.2, 0.25) is 5.78 Å². The second-order valence-electron chi connectivity index (χ2n) is 4.35. The van der Waals surface area contributed by atoms with Gasteiger partial charge in [0.15, 0.2) is 5.78 Å². The molecule has 0 bridgehead atoms. The lowest BCUT2D eigenvalue weighted by Gasteiger charge is -2.19. The molecular formula is C15H16O5S. The van der Waals surface area contributed by atoms with Crippen LogP contribution >= 0.6 is 11.8 Å². The number of carbonyl (C=O) groups is 2. The molecule has 1 aromatic rings. The molecule has 0 heterocycles. The molecule has 0 fully saturated rings. The Labute approximate surface area is 126 Å². The maximum absolute atomic E-state index is 12.6. The maximum Gasteiger partial charge on any atom is 0.204 e. The summed E-state index contributed by atoms with van der Waals surface area (Å²) in [5, 5.41) is 8.80. The summed E-state index contributed by atoms with van der Waals surface area (Å²) in [5.74, 6) is 0.774. The molecule has 5 nitrogen and oxygen atoms in total. The van der Waals surface area contributed by atoms with E-state index in [4.69, 9.17) is 14.6 Å². The summed E-state index contributed by atoms with van der Waals surface area (Å²) in [5.41, 5.74) is 0.490. The molecule has 0 aliphatic heterocycles. The highest BCUT2D eigenvalue weighted by atomic mass is 32.2. The first-order valence-electron chi connectivity index (χ1n) is 6.43. The van der Waals surface area contributed by atoms with E-state index in [2.05, 4.69) is 0 Å². The van der Waals surface area contributed by atoms with Gasteiger partial charge in [-0.15, -0.1) is 11.8 Å². The third kappa shape index (κ3) is 2.96. The number of Topliss-reactive ketones (excluding diaryl/α,β-unsaturated/α-hetero) is 1. The van der Waals surface area contributed by atoms with Crippen molar-refractivity contribution >= 4 is 23.3 Å². The topological polar surface area (TPSA) is 72.8 Å². The van der Waals surface area contributed by atoms with Crippen LogP contribution in [0.15, 0.2) is 23.1 Å². The van der Waals surface area contributed by atoms with Gasteiger partial charge < -0.3 is 14.6 Å². The number of rotatable bonds is 6. The second kappa shape index (κ2) is 6.78. The molecular weight excluding hydrogens is 292 g/mol. The fourth-order valence-electron chi connectivity index (χ4n) is 2.11. The zero-order chi connectivity index (χ0) is 15.4. The molecule has 1 aliphatic carbocycles. The van der Waals surface area contributed by atoms with E-state index in [0.29, 0.717) is 28.6 Å². The van der Waals surface area contributed by atoms with E-state index in [-0.39, 0.29) is 29.3 Å². The Morgan fingerprint density at radius 1 is 1.10 bits per heavy atom. The predicted octanol–water partition coefficient (Wildman–Crippen LogP) is 2.08. The van der Waals surface area contributed by atoms with Crippen LogP contribution in [0.4, 0.5) is 0 Å². The van der Waals surface area contributed by atoms with Crippen molar-refractivity contribution in [2.45, 2.75) is 6.42 Å². The third-order valence-corrected chi connectivity index (χ3v) is 4.20. The summed E-state index contributed by atoms with van der Waals surface area (Å²) < 4.78 is 10.4. The lowest BCUT2D eigenvalue weighted by molar-refractivity contribution is 0.0986. The molecule has 0 saturated heterocycles. The predicted molar refractivity (Wildman–Crippen MR) is 80.5 cm³/mol. The first-order chi connectivity index (χ1) is 10.1. The van der Waals surface area contributed by atoms with Crippen LogP contribution in [0.3, 0.4) is 0 Å². The van der Waals surface area contributed by atoms with Crippen molar-refractivity contribution < 1.29 is 24.2 Å². The van der Waals surface area contributed by atoms with E-state index in [1.165, 1.54) is 32.1 Å². The molecule has 0 atom stereocenters. The molecule has 112 valence electrons. The van der Waals surface area contributed by atoms with Crippen LogP contribution in [-0.4, -0.2) is 43.3 Å². The maximum atomic E-state index is 12.6. The molecule has 0 spiro atoms. The van der Waals surface area contributed by atoms with Crippen molar-refractivity contribution in [1.82, 2.24) is 0 Å². The van der Waals surface area contributed by atoms with Crippen molar-refractivity contribution in [2.75, 3.05) is 26.6 Å². The number of fused-ring (bicyclic) bond motifs is 1. The number of ether oxygens (including phenoxy) is 2. The van der Waals surface area contributed by atoms with Gasteiger partial charge in [-0.3, -0.25) is 9.59 Å². The number of aliphatic hydroxyl groups excluding tert-OH is 1. The van der Waals surface area contributed by atoms with E-state index < -0.39 is 0 Å². The first-order valence-corrected chi connectivity index (χ1v) is 7.42. The summed E-state index contributed by atoms with van der Waals surface area (Å²) in [7, 11) is 2.91. The van der Waals surface area contributed by atoms with Gasteiger partial charge in [-0.2, -0.15) is 0 Å². The number of allylic oxidation sites excluding steroid dienone is 2. The molecule has 2 rings (SSSR count). The van der Waals surface area contributed by atoms with Crippen LogP contribution in [0.5, 0.6) is 11.5 Å². The van der Waals surface area contributed by atoms with Crippen LogP contribution in [0.1, 0.15) is 27.1 Å². The average Bonchev–Trinajstić information content (AvgIpc) is 2.50. The molecule has 6 heteroatoms. The normalized spacial score (nSPS) is 13.8. The minimum absolute atomic E-state index is 0.0517. The fraction of sp³-hybridized carbons (Fsp3) is 0.333. The minimum Gasteiger partial charge on any atom is -0.496 e. The van der Waals surface area contributed by atoms with Gasteiger partial charge in [-0.1, -0.05) is 0 Å². The van der Waals surface area contributed by atoms with Gasteiger partial charge in [-0.25, -0.2) is 0 Å². The minimum atomic E-state index is -0.271. The summed E-state index contributed by atoms with van der Waals surface area (Å²) in [4.78, 5) is 25.2. The van der Waals surface area contributed by atoms with Crippen LogP contribution in [0, 0.1) is 0 Å². The number of hydrogen-bond donors (Lipinski definition) is 1. The van der Waals surface area contributed by atoms with Gasteiger partial charge in [0.25, 0.3) is 0 Å². The van der Waals surface area contributed by atoms with E-state index in [1.807, 2.05) is 0 Å². The lowest BCUT2D eigenvalue weighted by Crippen LogP contribution is -2.18. The zero-order valence-electron chi connectivity index (χ0n) is 11.8. The van der Waals surface area contributed by atoms with Crippen LogP contribution < -0.4 is 9.47 Å². The van der Waals surface area contributed by atoms with Crippen LogP contribution in [0.25, 0.3) is 0 Å². The molecule has 1 N–H and O–H groups in total. The van der Waals surface area contributed by atoms with Crippen molar-refractivity contribution in [3.63, 3.8) is 0 Å². The first kappa shape index (κ1) is 15.6. The summed E-state index contributed by atoms with van der Waals surface area (Å²) in [6.45, 7) is 0.0517. The highest BCUT2D eigenvalue weighted by molar-refractivity contribution is 8.04. The summed E-state index contributed by atoms with van der Waals surface area (Å²) in [6.07, 6.45) is 1.89. The molecule has 0 aromatic heterocycles. The Balaban J connectivity index is 2.45. The van der Waals surface area contributed by atoms with Gasteiger partial charge in [-0.05, 0) is 18.6 Å². The quantitative estimate of drug-likeness (QED) is 0.811. The number of ketones is 2. The smallest absolute Gasteiger partial charge is 0.204 e.